The molecule has 172 valence electrons. The summed E-state index contributed by atoms with van der Waals surface area (Å²) in [5, 5.41) is 8.71. The molecule has 3 rings (SSSR count). The maximum Gasteiger partial charge on any atom is 0.416 e. The summed E-state index contributed by atoms with van der Waals surface area (Å²) in [7, 11) is 0. The first-order valence-electron chi connectivity index (χ1n) is 9.72. The van der Waals surface area contributed by atoms with Crippen molar-refractivity contribution in [3.05, 3.63) is 82.9 Å². The Balaban J connectivity index is 1.75. The Hall–Kier alpha value is -3.60. The van der Waals surface area contributed by atoms with Gasteiger partial charge >= 0.3 is 6.18 Å². The van der Waals surface area contributed by atoms with Crippen LogP contribution in [0.1, 0.15) is 22.5 Å². The van der Waals surface area contributed by atoms with E-state index in [-0.39, 0.29) is 29.4 Å². The van der Waals surface area contributed by atoms with Crippen LogP contribution >= 0.6 is 12.2 Å². The average molecular weight is 477 g/mol. The van der Waals surface area contributed by atoms with E-state index in [1.54, 1.807) is 12.1 Å². The maximum absolute atomic E-state index is 13.2. The standard InChI is InChI=1S/C22H20F4N6S/c1-13-11-14(2)29-20(28-13)31-19(27-12-15-3-7-17(23)8-4-15)32-21(33)30-18-9-5-16(6-10-18)22(24,25)26/h3-11H,12H2,1-2H3,(H3,27,28,29,30,31,32,33). The highest BCUT2D eigenvalue weighted by Gasteiger charge is 2.29. The summed E-state index contributed by atoms with van der Waals surface area (Å²) in [4.78, 5) is 13.0. The van der Waals surface area contributed by atoms with E-state index in [0.29, 0.717) is 5.69 Å². The minimum Gasteiger partial charge on any atom is -0.332 e. The number of rotatable bonds is 4. The van der Waals surface area contributed by atoms with Crippen LogP contribution in [0.25, 0.3) is 0 Å². The van der Waals surface area contributed by atoms with Gasteiger partial charge in [0.1, 0.15) is 5.82 Å². The molecule has 6 nitrogen and oxygen atoms in total. The Kier molecular flexibility index (Phi) is 7.54. The highest BCUT2D eigenvalue weighted by atomic mass is 32.1. The Morgan fingerprint density at radius 1 is 0.939 bits per heavy atom. The number of nitrogens with zero attached hydrogens (tertiary/aromatic N) is 3. The Morgan fingerprint density at radius 3 is 2.12 bits per heavy atom. The summed E-state index contributed by atoms with van der Waals surface area (Å²) in [6.45, 7) is 3.84. The topological polar surface area (TPSA) is 74.2 Å². The number of hydrogen-bond acceptors (Lipinski definition) is 4. The van der Waals surface area contributed by atoms with Crippen molar-refractivity contribution < 1.29 is 17.6 Å². The van der Waals surface area contributed by atoms with Gasteiger partial charge in [-0.2, -0.15) is 13.2 Å². The summed E-state index contributed by atoms with van der Waals surface area (Å²) in [5.41, 5.74) is 1.84. The van der Waals surface area contributed by atoms with Gasteiger partial charge in [-0.25, -0.2) is 19.4 Å². The fourth-order valence-corrected chi connectivity index (χ4v) is 2.99. The van der Waals surface area contributed by atoms with Crippen LogP contribution in [0.2, 0.25) is 0 Å². The van der Waals surface area contributed by atoms with E-state index in [4.69, 9.17) is 12.2 Å². The Bertz CT molecular complexity index is 1120. The van der Waals surface area contributed by atoms with Gasteiger partial charge in [-0.1, -0.05) is 12.1 Å². The second-order valence-electron chi connectivity index (χ2n) is 7.04. The molecule has 11 heteroatoms. The minimum atomic E-state index is -4.42. The first kappa shape index (κ1) is 24.1. The van der Waals surface area contributed by atoms with E-state index in [1.165, 1.54) is 24.3 Å². The molecule has 0 saturated heterocycles. The van der Waals surface area contributed by atoms with E-state index in [0.717, 1.165) is 29.1 Å². The van der Waals surface area contributed by atoms with E-state index in [1.807, 2.05) is 19.9 Å². The first-order valence-corrected chi connectivity index (χ1v) is 10.1. The lowest BCUT2D eigenvalue weighted by Crippen LogP contribution is -2.39. The van der Waals surface area contributed by atoms with Crippen molar-refractivity contribution in [1.82, 2.24) is 15.3 Å². The lowest BCUT2D eigenvalue weighted by Gasteiger charge is -2.15. The van der Waals surface area contributed by atoms with Gasteiger partial charge in [0, 0.05) is 17.1 Å². The highest BCUT2D eigenvalue weighted by molar-refractivity contribution is 7.80. The van der Waals surface area contributed by atoms with Crippen LogP contribution in [0.15, 0.2) is 59.6 Å². The zero-order chi connectivity index (χ0) is 24.0. The molecule has 3 N–H and O–H groups in total. The van der Waals surface area contributed by atoms with Crippen LogP contribution in [0.4, 0.5) is 29.2 Å². The lowest BCUT2D eigenvalue weighted by molar-refractivity contribution is -0.137. The number of guanidine groups is 1. The second kappa shape index (κ2) is 10.3. The predicted octanol–water partition coefficient (Wildman–Crippen LogP) is 5.21. The van der Waals surface area contributed by atoms with Gasteiger partial charge in [0.15, 0.2) is 5.11 Å². The number of anilines is 2. The third-order valence-electron chi connectivity index (χ3n) is 4.25. The minimum absolute atomic E-state index is 0.0875. The normalized spacial score (nSPS) is 11.8. The molecule has 0 fully saturated rings. The first-order chi connectivity index (χ1) is 15.6. The molecule has 0 unspecified atom stereocenters. The van der Waals surface area contributed by atoms with Crippen molar-refractivity contribution in [1.29, 1.82) is 0 Å². The number of benzene rings is 2. The number of halogens is 4. The quantitative estimate of drug-likeness (QED) is 0.208. The van der Waals surface area contributed by atoms with Gasteiger partial charge in [0.2, 0.25) is 11.9 Å². The molecule has 33 heavy (non-hydrogen) atoms. The summed E-state index contributed by atoms with van der Waals surface area (Å²) < 4.78 is 51.4. The number of aromatic nitrogens is 2. The largest absolute Gasteiger partial charge is 0.416 e. The number of aliphatic imine (C=N–C) groups is 1. The lowest BCUT2D eigenvalue weighted by atomic mass is 10.2. The van der Waals surface area contributed by atoms with E-state index < -0.39 is 11.7 Å². The fourth-order valence-electron chi connectivity index (χ4n) is 2.77. The third-order valence-corrected chi connectivity index (χ3v) is 4.45. The van der Waals surface area contributed by atoms with Crippen molar-refractivity contribution in [3.8, 4) is 0 Å². The van der Waals surface area contributed by atoms with Gasteiger partial charge in [-0.15, -0.1) is 0 Å². The van der Waals surface area contributed by atoms with Crippen LogP contribution in [-0.4, -0.2) is 21.0 Å². The van der Waals surface area contributed by atoms with Gasteiger partial charge in [0.05, 0.1) is 12.1 Å². The Morgan fingerprint density at radius 2 is 1.55 bits per heavy atom. The van der Waals surface area contributed by atoms with Crippen molar-refractivity contribution in [2.45, 2.75) is 26.6 Å². The molecular weight excluding hydrogens is 456 g/mol. The number of nitrogens with one attached hydrogen (secondary N) is 3. The monoisotopic (exact) mass is 476 g/mol. The van der Waals surface area contributed by atoms with E-state index >= 15 is 0 Å². The second-order valence-corrected chi connectivity index (χ2v) is 7.45. The maximum atomic E-state index is 13.2. The smallest absolute Gasteiger partial charge is 0.332 e. The third kappa shape index (κ3) is 7.49. The number of thiocarbonyl (C=S) groups is 1. The molecule has 0 aliphatic rings. The van der Waals surface area contributed by atoms with Crippen molar-refractivity contribution in [2.75, 3.05) is 10.6 Å². The van der Waals surface area contributed by atoms with Gasteiger partial charge in [-0.3, -0.25) is 5.32 Å². The van der Waals surface area contributed by atoms with Crippen LogP contribution in [0, 0.1) is 19.7 Å². The molecule has 0 amide bonds. The summed E-state index contributed by atoms with van der Waals surface area (Å²) >= 11 is 5.28. The van der Waals surface area contributed by atoms with Crippen LogP contribution in [0.5, 0.6) is 0 Å². The Labute approximate surface area is 193 Å². The molecule has 0 bridgehead atoms. The summed E-state index contributed by atoms with van der Waals surface area (Å²) in [6.07, 6.45) is -4.42. The predicted molar refractivity (Wildman–Crippen MR) is 123 cm³/mol. The van der Waals surface area contributed by atoms with Crippen LogP contribution in [-0.2, 0) is 12.7 Å². The molecule has 0 aliphatic heterocycles. The molecule has 1 aromatic heterocycles. The molecule has 2 aromatic carbocycles. The van der Waals surface area contributed by atoms with E-state index in [9.17, 15) is 17.6 Å². The zero-order valence-electron chi connectivity index (χ0n) is 17.7. The number of hydrogen-bond donors (Lipinski definition) is 3. The van der Waals surface area contributed by atoms with Crippen molar-refractivity contribution in [3.63, 3.8) is 0 Å². The number of aryl methyl sites for hydroxylation is 2. The molecule has 0 saturated carbocycles. The highest BCUT2D eigenvalue weighted by Crippen LogP contribution is 2.29. The van der Waals surface area contributed by atoms with Crippen molar-refractivity contribution >= 4 is 34.9 Å². The molecule has 0 atom stereocenters. The molecule has 0 aliphatic carbocycles. The average Bonchev–Trinajstić information content (AvgIpc) is 2.72. The summed E-state index contributed by atoms with van der Waals surface area (Å²) in [5.74, 6) is 0.133. The van der Waals surface area contributed by atoms with Gasteiger partial charge < -0.3 is 10.6 Å². The summed E-state index contributed by atoms with van der Waals surface area (Å²) in [6, 6.07) is 12.1. The van der Waals surface area contributed by atoms with Crippen molar-refractivity contribution in [2.24, 2.45) is 4.99 Å². The van der Waals surface area contributed by atoms with Crippen LogP contribution < -0.4 is 16.0 Å². The fraction of sp³-hybridized carbons (Fsp3) is 0.182. The molecular formula is C22H20F4N6S. The molecule has 0 radical (unpaired) electrons. The SMILES string of the molecule is Cc1cc(C)nc(NC(=NCc2ccc(F)cc2)NC(=S)Nc2ccc(C(F)(F)F)cc2)n1. The van der Waals surface area contributed by atoms with Gasteiger partial charge in [-0.05, 0) is 74.1 Å². The molecule has 0 spiro atoms. The zero-order valence-corrected chi connectivity index (χ0v) is 18.5. The number of alkyl halides is 3. The van der Waals surface area contributed by atoms with Gasteiger partial charge in [0.25, 0.3) is 0 Å². The molecule has 1 heterocycles. The molecule has 3 aromatic rings. The van der Waals surface area contributed by atoms with E-state index in [2.05, 4.69) is 30.9 Å². The van der Waals surface area contributed by atoms with Crippen LogP contribution in [0.3, 0.4) is 0 Å².